The van der Waals surface area contributed by atoms with Crippen molar-refractivity contribution in [3.8, 4) is 345 Å². The van der Waals surface area contributed by atoms with Crippen molar-refractivity contribution >= 4 is 122 Å². The van der Waals surface area contributed by atoms with Gasteiger partial charge >= 0.3 is 0 Å². The Morgan fingerprint density at radius 3 is 0.652 bits per heavy atom. The van der Waals surface area contributed by atoms with Crippen LogP contribution in [0.2, 0.25) is 0 Å². The molecule has 4 aliphatic heterocycles. The Bertz CT molecular complexity index is 5250. The number of hydrogen-bond acceptors (Lipinski definition) is 13. The van der Waals surface area contributed by atoms with Crippen LogP contribution < -0.4 is 38.1 Å². The summed E-state index contributed by atoms with van der Waals surface area (Å²) >= 11 is 17.7. The molecule has 4 rings (SSSR count). The third kappa shape index (κ3) is 85.9. The summed E-state index contributed by atoms with van der Waals surface area (Å²) in [6.45, 7) is 10.9. The minimum atomic E-state index is -0.514. The molecule has 13 nitrogen and oxygen atoms in total. The van der Waals surface area contributed by atoms with E-state index in [-0.39, 0.29) is 87.7 Å². The molecule has 0 aromatic heterocycles. The summed E-state index contributed by atoms with van der Waals surface area (Å²) in [6, 6.07) is -1.58. The maximum atomic E-state index is 11.8. The van der Waals surface area contributed by atoms with Gasteiger partial charge in [-0.1, -0.05) is 48.5 Å². The first-order valence-electron chi connectivity index (χ1n) is 30.1. The first-order valence-corrected chi connectivity index (χ1v) is 40.8. The fraction of sp³-hybridized carbons (Fsp3) is 0.287. The molecule has 4 amide bonds. The van der Waals surface area contributed by atoms with Crippen molar-refractivity contribution in [3.63, 3.8) is 0 Å². The van der Waals surface area contributed by atoms with Crippen LogP contribution in [0.25, 0.3) is 0 Å². The highest BCUT2D eigenvalue weighted by atomic mass is 33.3. The second kappa shape index (κ2) is 94.1. The van der Waals surface area contributed by atoms with E-state index in [1.54, 1.807) is 6.92 Å². The maximum absolute atomic E-state index is 11.8. The summed E-state index contributed by atoms with van der Waals surface area (Å²) in [5, 5.41) is 30.4. The van der Waals surface area contributed by atoms with Crippen molar-refractivity contribution in [3.05, 3.63) is 0 Å². The summed E-state index contributed by atoms with van der Waals surface area (Å²) < 4.78 is 23.6. The maximum Gasteiger partial charge on any atom is 0.237 e. The van der Waals surface area contributed by atoms with Gasteiger partial charge in [0, 0.05) is 240 Å². The molecule has 0 aromatic carbocycles. The number of terminal acetylenes is 3. The SMILES string of the molecule is C.C.C#CC#CC#CC#CC#CC#CC#CC#CC#CC#CC#CC#CC#CC#CC.C#CC#CC#CC#CC#CC#CC#CC#CC#CC#CC#CC#CC#CC#CC#C.CCNCC.C[C@H]1C[C@@H](CF)NC1=O.C[C@H]1C[C@@H](CO)NC1=O.N[C@H]1C[C@@H](CF)NC1=O.N[C@H]1C[C@@H](CO)NC1=O.S=S=S=S.S=S=S=S=S=S. The molecule has 8 atom stereocenters. The van der Waals surface area contributed by atoms with Gasteiger partial charge in [0.2, 0.25) is 23.6 Å². The third-order valence-electron chi connectivity index (χ3n) is 10.1. The van der Waals surface area contributed by atoms with E-state index in [2.05, 4.69) is 411 Å². The molecule has 0 radical (unpaired) electrons. The quantitative estimate of drug-likeness (QED) is 0.163. The van der Waals surface area contributed by atoms with Crippen molar-refractivity contribution < 1.29 is 38.2 Å². The van der Waals surface area contributed by atoms with Gasteiger partial charge in [-0.15, -0.1) is 19.3 Å². The summed E-state index contributed by atoms with van der Waals surface area (Å²) in [5.41, 5.74) is 10.6. The number of aliphatic hydroxyl groups excluding tert-OH is 2. The second-order valence-corrected chi connectivity index (χ2v) is 28.5. The van der Waals surface area contributed by atoms with Gasteiger partial charge in [-0.3, -0.25) is 19.2 Å². The summed E-state index contributed by atoms with van der Waals surface area (Å²) in [4.78, 5) is 42.5. The van der Waals surface area contributed by atoms with Crippen LogP contribution in [-0.4, -0.2) is 110 Å². The van der Waals surface area contributed by atoms with E-state index in [4.69, 9.17) is 41.0 Å². The highest BCUT2D eigenvalue weighted by molar-refractivity contribution is 8.64. The minimum absolute atomic E-state index is 0. The molecule has 4 fully saturated rings. The van der Waals surface area contributed by atoms with Crippen LogP contribution in [0.1, 0.15) is 75.2 Å². The number of carbonyl (C=O) groups excluding carboxylic acids is 4. The Labute approximate surface area is 699 Å². The molecule has 0 unspecified atom stereocenters. The Hall–Kier alpha value is -13.0. The van der Waals surface area contributed by atoms with Crippen LogP contribution in [-0.2, 0) is 117 Å². The van der Waals surface area contributed by atoms with E-state index >= 15 is 0 Å². The molecule has 0 saturated carbocycles. The van der Waals surface area contributed by atoms with Gasteiger partial charge < -0.3 is 48.3 Å². The molecule has 4 saturated heterocycles. The molecule has 112 heavy (non-hydrogen) atoms. The van der Waals surface area contributed by atoms with Crippen LogP contribution >= 0.6 is 0 Å². The Morgan fingerprint density at radius 1 is 0.357 bits per heavy atom. The standard InChI is InChI=1S/C30H2.C29H4.C6H10FNO.C6H11NO2.C5H9FN2O.C5H10N2O2.C4H11N.2CH4.S6.S4/c1-3-5-7-9-11-13-15-17-19-21-23-25-27-29-30-28-26-24-22-20-18-16-14-12-10-8-6-4-2;1-3-5-7-9-11-13-15-17-19-21-23-25-27-29-28-26-24-22-20-18-16-14-12-10-8-6-4-2;1-4-2-5(3-7)8-6(4)9;1-4-2-5(3-8)7-6(4)9;6-2-3-1-4(7)5(9)8-3;6-4-1-3(2-8)7-5(4)9;1-3-5-4-2;;;1-3-5-6-4-2;1-3-4-2/h1-2H;1H,2H3;4-5H,2-3H2,1H3,(H,8,9);4-5,8H,2-3H2,1H3,(H,7,9);3-4H,1-2,7H2,(H,8,9);3-4,8H,1-2,6H2,(H,7,9);5H,3-4H2,1-2H3;2*1H4;;/t;;2*4-,5-;2*3-,4-;;;;;/m..0000...../s1. The van der Waals surface area contributed by atoms with Crippen LogP contribution in [0.5, 0.6) is 0 Å². The molecule has 11 N–H and O–H groups in total. The number of alkyl halides is 2. The molecular formula is C87H65F2N7O6S10. The van der Waals surface area contributed by atoms with Crippen LogP contribution in [0.4, 0.5) is 8.78 Å². The fourth-order valence-corrected chi connectivity index (χ4v) is 11.3. The van der Waals surface area contributed by atoms with Crippen LogP contribution in [0.3, 0.4) is 0 Å². The van der Waals surface area contributed by atoms with E-state index in [9.17, 15) is 28.0 Å². The lowest BCUT2D eigenvalue weighted by atomic mass is 10.1. The number of hydrogen-bond donors (Lipinski definition) is 9. The predicted molar refractivity (Wildman–Crippen MR) is 472 cm³/mol. The highest BCUT2D eigenvalue weighted by Crippen LogP contribution is 2.14. The topological polar surface area (TPSA) is 221 Å². The van der Waals surface area contributed by atoms with E-state index in [0.29, 0.717) is 19.3 Å². The Balaban J connectivity index is -0.000000242. The molecular weight excluding hydrogens is 1600 g/mol. The van der Waals surface area contributed by atoms with Gasteiger partial charge in [-0.25, -0.2) is 8.78 Å². The highest BCUT2D eigenvalue weighted by Gasteiger charge is 2.30. The largest absolute Gasteiger partial charge is 0.394 e. The van der Waals surface area contributed by atoms with E-state index in [1.807, 2.05) is 13.8 Å². The third-order valence-corrected chi connectivity index (χ3v) is 19.0. The number of nitrogens with two attached hydrogens (primary N) is 2. The number of aliphatic hydroxyl groups is 2. The monoisotopic (exact) mass is 1660 g/mol. The average molecular weight is 1660 g/mol. The lowest BCUT2D eigenvalue weighted by Gasteiger charge is -2.01. The van der Waals surface area contributed by atoms with Gasteiger partial charge in [-0.2, -0.15) is 0 Å². The number of rotatable bonds is 6. The van der Waals surface area contributed by atoms with Crippen molar-refractivity contribution in [1.82, 2.24) is 26.6 Å². The van der Waals surface area contributed by atoms with Gasteiger partial charge in [0.25, 0.3) is 0 Å². The molecule has 0 bridgehead atoms. The molecule has 4 aliphatic rings. The number of amides is 4. The molecule has 558 valence electrons. The summed E-state index contributed by atoms with van der Waals surface area (Å²) in [6.07, 6.45) is 17.1. The van der Waals surface area contributed by atoms with Crippen molar-refractivity contribution in [2.45, 2.75) is 111 Å². The second-order valence-electron chi connectivity index (χ2n) is 17.9. The molecule has 0 aromatic rings. The molecule has 4 heterocycles. The van der Waals surface area contributed by atoms with E-state index < -0.39 is 25.4 Å². The predicted octanol–water partition coefficient (Wildman–Crippen LogP) is 0.195. The summed E-state index contributed by atoms with van der Waals surface area (Å²) in [5.74, 6) is 135. The summed E-state index contributed by atoms with van der Waals surface area (Å²) in [7, 11) is 7.98. The lowest BCUT2D eigenvalue weighted by Crippen LogP contribution is -2.32. The van der Waals surface area contributed by atoms with Gasteiger partial charge in [0.05, 0.1) is 49.5 Å². The zero-order valence-electron chi connectivity index (χ0n) is 58.9. The zero-order valence-corrected chi connectivity index (χ0v) is 67.1. The van der Waals surface area contributed by atoms with E-state index in [1.165, 1.54) is 53.3 Å². The van der Waals surface area contributed by atoms with Gasteiger partial charge in [0.15, 0.2) is 0 Å². The van der Waals surface area contributed by atoms with Crippen LogP contribution in [0, 0.1) is 357 Å². The minimum Gasteiger partial charge on any atom is -0.394 e. The smallest absolute Gasteiger partial charge is 0.237 e. The molecule has 25 heteroatoms. The van der Waals surface area contributed by atoms with E-state index in [0.717, 1.165) is 19.5 Å². The first-order chi connectivity index (χ1) is 53.5. The van der Waals surface area contributed by atoms with Gasteiger partial charge in [0.1, 0.15) is 13.3 Å². The zero-order chi connectivity index (χ0) is 82.7. The number of nitrogens with one attached hydrogen (secondary N) is 5. The fourth-order valence-electron chi connectivity index (χ4n) is 5.79. The molecule has 0 spiro atoms. The van der Waals surface area contributed by atoms with Crippen molar-refractivity contribution in [2.24, 2.45) is 23.3 Å². The normalized spacial score (nSPS) is 14.0. The lowest BCUT2D eigenvalue weighted by molar-refractivity contribution is -0.123. The van der Waals surface area contributed by atoms with Gasteiger partial charge in [-0.05, 0) is 235 Å². The molecule has 0 aliphatic carbocycles. The average Bonchev–Trinajstić information content (AvgIpc) is 1.79. The van der Waals surface area contributed by atoms with Crippen molar-refractivity contribution in [1.29, 1.82) is 0 Å². The number of carbonyl (C=O) groups is 4. The Kier molecular flexibility index (Phi) is 94.3. The first kappa shape index (κ1) is 112. The Morgan fingerprint density at radius 2 is 0.545 bits per heavy atom. The van der Waals surface area contributed by atoms with Crippen LogP contribution in [0.15, 0.2) is 0 Å². The van der Waals surface area contributed by atoms with Crippen molar-refractivity contribution in [2.75, 3.05) is 39.7 Å². The number of halogens is 2.